The van der Waals surface area contributed by atoms with Crippen LogP contribution in [0.25, 0.3) is 5.57 Å². The second-order valence-electron chi connectivity index (χ2n) is 4.41. The van der Waals surface area contributed by atoms with Gasteiger partial charge in [-0.15, -0.1) is 0 Å². The fourth-order valence-electron chi connectivity index (χ4n) is 1.58. The predicted octanol–water partition coefficient (Wildman–Crippen LogP) is 4.27. The van der Waals surface area contributed by atoms with E-state index in [1.54, 1.807) is 12.1 Å². The van der Waals surface area contributed by atoms with Gasteiger partial charge in [0.2, 0.25) is 0 Å². The van der Waals surface area contributed by atoms with Gasteiger partial charge in [-0.2, -0.15) is 0 Å². The Morgan fingerprint density at radius 2 is 2.18 bits per heavy atom. The third-order valence-corrected chi connectivity index (χ3v) is 2.74. The molecule has 0 aliphatic heterocycles. The first-order valence-electron chi connectivity index (χ1n) is 5.86. The SMILES string of the molecule is CC(=CCCNC(C)C)c1ccc(Cl)cc1F. The fourth-order valence-corrected chi connectivity index (χ4v) is 1.74. The van der Waals surface area contributed by atoms with E-state index >= 15 is 0 Å². The molecule has 1 aromatic carbocycles. The molecular formula is C14H19ClFN. The van der Waals surface area contributed by atoms with E-state index in [-0.39, 0.29) is 5.82 Å². The number of allylic oxidation sites excluding steroid dienone is 1. The van der Waals surface area contributed by atoms with Crippen molar-refractivity contribution in [3.63, 3.8) is 0 Å². The molecule has 1 nitrogen and oxygen atoms in total. The average Bonchev–Trinajstić information content (AvgIpc) is 2.23. The Kier molecular flexibility index (Phi) is 5.66. The molecule has 0 aliphatic rings. The topological polar surface area (TPSA) is 12.0 Å². The molecule has 0 saturated carbocycles. The monoisotopic (exact) mass is 255 g/mol. The summed E-state index contributed by atoms with van der Waals surface area (Å²) < 4.78 is 13.6. The van der Waals surface area contributed by atoms with Gasteiger partial charge in [0.05, 0.1) is 0 Å². The lowest BCUT2D eigenvalue weighted by Crippen LogP contribution is -2.23. The maximum atomic E-state index is 13.6. The molecule has 0 aromatic heterocycles. The van der Waals surface area contributed by atoms with Crippen LogP contribution in [0.4, 0.5) is 4.39 Å². The molecule has 1 N–H and O–H groups in total. The highest BCUT2D eigenvalue weighted by atomic mass is 35.5. The highest BCUT2D eigenvalue weighted by Gasteiger charge is 2.04. The minimum Gasteiger partial charge on any atom is -0.314 e. The summed E-state index contributed by atoms with van der Waals surface area (Å²) in [4.78, 5) is 0. The zero-order valence-electron chi connectivity index (χ0n) is 10.6. The van der Waals surface area contributed by atoms with Crippen molar-refractivity contribution in [2.24, 2.45) is 0 Å². The minimum atomic E-state index is -0.261. The van der Waals surface area contributed by atoms with Crippen LogP contribution in [0, 0.1) is 5.82 Å². The van der Waals surface area contributed by atoms with E-state index in [2.05, 4.69) is 19.2 Å². The number of nitrogens with one attached hydrogen (secondary N) is 1. The van der Waals surface area contributed by atoms with Gasteiger partial charge in [0.25, 0.3) is 0 Å². The molecule has 1 aromatic rings. The quantitative estimate of drug-likeness (QED) is 0.775. The Balaban J connectivity index is 2.62. The predicted molar refractivity (Wildman–Crippen MR) is 72.8 cm³/mol. The lowest BCUT2D eigenvalue weighted by Gasteiger charge is -2.07. The van der Waals surface area contributed by atoms with Crippen molar-refractivity contribution < 1.29 is 4.39 Å². The number of hydrogen-bond acceptors (Lipinski definition) is 1. The Morgan fingerprint density at radius 3 is 2.76 bits per heavy atom. The first kappa shape index (κ1) is 14.2. The first-order chi connectivity index (χ1) is 8.00. The summed E-state index contributed by atoms with van der Waals surface area (Å²) in [6.07, 6.45) is 2.94. The summed E-state index contributed by atoms with van der Waals surface area (Å²) in [6, 6.07) is 5.26. The molecule has 0 unspecified atom stereocenters. The van der Waals surface area contributed by atoms with Crippen molar-refractivity contribution in [1.82, 2.24) is 5.32 Å². The standard InChI is InChI=1S/C14H19ClFN/c1-10(2)17-8-4-5-11(3)13-7-6-12(15)9-14(13)16/h5-7,9-10,17H,4,8H2,1-3H3. The summed E-state index contributed by atoms with van der Waals surface area (Å²) in [7, 11) is 0. The summed E-state index contributed by atoms with van der Waals surface area (Å²) in [5.41, 5.74) is 1.57. The normalized spacial score (nSPS) is 12.2. The Hall–Kier alpha value is -0.860. The second-order valence-corrected chi connectivity index (χ2v) is 4.85. The van der Waals surface area contributed by atoms with E-state index in [9.17, 15) is 4.39 Å². The lowest BCUT2D eigenvalue weighted by molar-refractivity contribution is 0.594. The molecule has 0 amide bonds. The molecule has 3 heteroatoms. The Morgan fingerprint density at radius 1 is 1.47 bits per heavy atom. The molecule has 0 aliphatic carbocycles. The van der Waals surface area contributed by atoms with Crippen LogP contribution in [0.2, 0.25) is 5.02 Å². The molecule has 0 saturated heterocycles. The van der Waals surface area contributed by atoms with Crippen molar-refractivity contribution in [3.05, 3.63) is 40.7 Å². The summed E-state index contributed by atoms with van der Waals surface area (Å²) in [5.74, 6) is -0.261. The smallest absolute Gasteiger partial charge is 0.132 e. The van der Waals surface area contributed by atoms with E-state index in [0.717, 1.165) is 18.5 Å². The van der Waals surface area contributed by atoms with E-state index in [1.807, 2.05) is 13.0 Å². The first-order valence-corrected chi connectivity index (χ1v) is 6.24. The molecule has 0 fully saturated rings. The van der Waals surface area contributed by atoms with Crippen LogP contribution in [0.5, 0.6) is 0 Å². The highest BCUT2D eigenvalue weighted by Crippen LogP contribution is 2.21. The van der Waals surface area contributed by atoms with Gasteiger partial charge in [-0.1, -0.05) is 37.6 Å². The van der Waals surface area contributed by atoms with Gasteiger partial charge in [-0.05, 0) is 37.6 Å². The molecule has 0 spiro atoms. The lowest BCUT2D eigenvalue weighted by atomic mass is 10.1. The van der Waals surface area contributed by atoms with Gasteiger partial charge in [0.1, 0.15) is 5.82 Å². The van der Waals surface area contributed by atoms with Gasteiger partial charge in [-0.3, -0.25) is 0 Å². The summed E-state index contributed by atoms with van der Waals surface area (Å²) in [6.45, 7) is 7.04. The van der Waals surface area contributed by atoms with Crippen molar-refractivity contribution >= 4 is 17.2 Å². The largest absolute Gasteiger partial charge is 0.314 e. The molecule has 17 heavy (non-hydrogen) atoms. The molecule has 1 rings (SSSR count). The van der Waals surface area contributed by atoms with E-state index in [4.69, 9.17) is 11.6 Å². The van der Waals surface area contributed by atoms with Crippen LogP contribution >= 0.6 is 11.6 Å². The molecule has 0 bridgehead atoms. The zero-order valence-corrected chi connectivity index (χ0v) is 11.3. The van der Waals surface area contributed by atoms with E-state index in [1.165, 1.54) is 6.07 Å². The van der Waals surface area contributed by atoms with Gasteiger partial charge in [0.15, 0.2) is 0 Å². The molecule has 0 radical (unpaired) electrons. The molecule has 0 atom stereocenters. The maximum absolute atomic E-state index is 13.6. The third-order valence-electron chi connectivity index (χ3n) is 2.50. The van der Waals surface area contributed by atoms with Crippen molar-refractivity contribution in [3.8, 4) is 0 Å². The second kappa shape index (κ2) is 6.77. The van der Waals surface area contributed by atoms with Crippen LogP contribution in [0.3, 0.4) is 0 Å². The summed E-state index contributed by atoms with van der Waals surface area (Å²) >= 11 is 5.71. The molecule has 0 heterocycles. The van der Waals surface area contributed by atoms with Crippen molar-refractivity contribution in [2.45, 2.75) is 33.2 Å². The average molecular weight is 256 g/mol. The Labute approximate surface area is 108 Å². The van der Waals surface area contributed by atoms with E-state index in [0.29, 0.717) is 16.6 Å². The van der Waals surface area contributed by atoms with Crippen LogP contribution in [0.1, 0.15) is 32.8 Å². The fraction of sp³-hybridized carbons (Fsp3) is 0.429. The zero-order chi connectivity index (χ0) is 12.8. The third kappa shape index (κ3) is 4.88. The maximum Gasteiger partial charge on any atom is 0.132 e. The minimum absolute atomic E-state index is 0.261. The van der Waals surface area contributed by atoms with Gasteiger partial charge in [0, 0.05) is 16.6 Å². The van der Waals surface area contributed by atoms with E-state index < -0.39 is 0 Å². The Bertz CT molecular complexity index is 399. The van der Waals surface area contributed by atoms with Crippen molar-refractivity contribution in [1.29, 1.82) is 0 Å². The number of benzene rings is 1. The number of hydrogen-bond donors (Lipinski definition) is 1. The van der Waals surface area contributed by atoms with Crippen molar-refractivity contribution in [2.75, 3.05) is 6.54 Å². The van der Waals surface area contributed by atoms with Gasteiger partial charge >= 0.3 is 0 Å². The highest BCUT2D eigenvalue weighted by molar-refractivity contribution is 6.30. The van der Waals surface area contributed by atoms with Crippen LogP contribution in [-0.2, 0) is 0 Å². The summed E-state index contributed by atoms with van der Waals surface area (Å²) in [5, 5.41) is 3.75. The number of halogens is 2. The molecule has 94 valence electrons. The van der Waals surface area contributed by atoms with Crippen LogP contribution in [-0.4, -0.2) is 12.6 Å². The van der Waals surface area contributed by atoms with Gasteiger partial charge in [-0.25, -0.2) is 4.39 Å². The molecular weight excluding hydrogens is 237 g/mol. The van der Waals surface area contributed by atoms with Gasteiger partial charge < -0.3 is 5.32 Å². The van der Waals surface area contributed by atoms with Crippen LogP contribution in [0.15, 0.2) is 24.3 Å². The number of rotatable bonds is 5. The van der Waals surface area contributed by atoms with Crippen LogP contribution < -0.4 is 5.32 Å².